The molecule has 0 fully saturated rings. The third-order valence-corrected chi connectivity index (χ3v) is 6.13. The molecule has 4 aromatic rings. The van der Waals surface area contributed by atoms with Crippen molar-refractivity contribution in [1.29, 1.82) is 0 Å². The molecule has 33 heavy (non-hydrogen) atoms. The van der Waals surface area contributed by atoms with E-state index in [9.17, 15) is 4.79 Å². The largest absolute Gasteiger partial charge is 0.352 e. The highest BCUT2D eigenvalue weighted by molar-refractivity contribution is 9.10. The molecule has 1 aromatic heterocycles. The van der Waals surface area contributed by atoms with E-state index in [2.05, 4.69) is 80.4 Å². The van der Waals surface area contributed by atoms with Gasteiger partial charge in [0.05, 0.1) is 11.0 Å². The zero-order valence-electron chi connectivity index (χ0n) is 18.6. The maximum atomic E-state index is 12.2. The number of hydrogen-bond donors (Lipinski definition) is 1. The van der Waals surface area contributed by atoms with Gasteiger partial charge in [-0.05, 0) is 54.8 Å². The molecule has 0 radical (unpaired) electrons. The molecule has 4 rings (SSSR count). The van der Waals surface area contributed by atoms with Gasteiger partial charge in [0.25, 0.3) is 5.91 Å². The first kappa shape index (κ1) is 23.0. The number of carbonyl (C=O) groups is 1. The fraction of sp³-hybridized carbons (Fsp3) is 0.214. The molecule has 0 spiro atoms. The van der Waals surface area contributed by atoms with E-state index in [1.165, 1.54) is 11.1 Å². The number of aromatic nitrogens is 2. The monoisotopic (exact) mass is 501 g/mol. The third-order valence-electron chi connectivity index (χ3n) is 5.60. The summed E-state index contributed by atoms with van der Waals surface area (Å²) >= 11 is 3.39. The van der Waals surface area contributed by atoms with Gasteiger partial charge in [-0.2, -0.15) is 0 Å². The first-order valence-electron chi connectivity index (χ1n) is 11.4. The lowest BCUT2D eigenvalue weighted by Gasteiger charge is -2.08. The normalized spacial score (nSPS) is 11.3. The van der Waals surface area contributed by atoms with Crippen LogP contribution in [-0.4, -0.2) is 22.0 Å². The highest BCUT2D eigenvalue weighted by Gasteiger charge is 2.09. The van der Waals surface area contributed by atoms with E-state index < -0.39 is 0 Å². The molecule has 3 aromatic carbocycles. The van der Waals surface area contributed by atoms with Gasteiger partial charge in [-0.25, -0.2) is 4.98 Å². The summed E-state index contributed by atoms with van der Waals surface area (Å²) in [5, 5.41) is 3.01. The van der Waals surface area contributed by atoms with Gasteiger partial charge < -0.3 is 9.88 Å². The first-order valence-corrected chi connectivity index (χ1v) is 12.2. The van der Waals surface area contributed by atoms with Crippen molar-refractivity contribution in [3.63, 3.8) is 0 Å². The summed E-state index contributed by atoms with van der Waals surface area (Å²) in [6.07, 6.45) is 8.33. The number of fused-ring (bicyclic) bond motifs is 1. The fourth-order valence-corrected chi connectivity index (χ4v) is 4.13. The van der Waals surface area contributed by atoms with Crippen molar-refractivity contribution in [1.82, 2.24) is 14.9 Å². The molecule has 0 aliphatic rings. The Labute approximate surface area is 203 Å². The van der Waals surface area contributed by atoms with E-state index in [1.807, 2.05) is 36.4 Å². The van der Waals surface area contributed by atoms with Gasteiger partial charge in [-0.1, -0.05) is 77.0 Å². The Balaban J connectivity index is 1.29. The molecule has 0 bridgehead atoms. The second-order valence-electron chi connectivity index (χ2n) is 8.01. The van der Waals surface area contributed by atoms with Crippen LogP contribution in [0.2, 0.25) is 0 Å². The summed E-state index contributed by atoms with van der Waals surface area (Å²) in [4.78, 5) is 17.1. The predicted octanol–water partition coefficient (Wildman–Crippen LogP) is 6.66. The number of rotatable bonds is 10. The van der Waals surface area contributed by atoms with E-state index in [0.717, 1.165) is 48.0 Å². The minimum absolute atomic E-state index is 0.0190. The fourth-order valence-electron chi connectivity index (χ4n) is 3.87. The summed E-state index contributed by atoms with van der Waals surface area (Å²) < 4.78 is 3.28. The zero-order valence-corrected chi connectivity index (χ0v) is 20.2. The van der Waals surface area contributed by atoms with Crippen molar-refractivity contribution >= 4 is 38.9 Å². The number of para-hydroxylation sites is 2. The molecule has 0 unspecified atom stereocenters. The van der Waals surface area contributed by atoms with Crippen LogP contribution >= 0.6 is 15.9 Å². The molecule has 5 heteroatoms. The first-order chi connectivity index (χ1) is 16.2. The second-order valence-corrected chi connectivity index (χ2v) is 8.93. The zero-order chi connectivity index (χ0) is 22.9. The lowest BCUT2D eigenvalue weighted by atomic mass is 10.1. The van der Waals surface area contributed by atoms with E-state index in [1.54, 1.807) is 0 Å². The molecule has 4 nitrogen and oxygen atoms in total. The lowest BCUT2D eigenvalue weighted by Crippen LogP contribution is -2.24. The molecule has 1 amide bonds. The van der Waals surface area contributed by atoms with Crippen LogP contribution in [0.15, 0.2) is 89.4 Å². The number of hydrogen-bond acceptors (Lipinski definition) is 2. The molecular weight excluding hydrogens is 474 g/mol. The standard InChI is InChI=1S/C28H28BrN3O/c29-24-18-16-23(17-19-24)28(33)30-20-8-2-5-15-27-31-25-13-6-7-14-26(25)32(27)21-9-12-22-10-3-1-4-11-22/h1,3-4,6-7,9-14,16-19H,2,5,8,15,20-21H2,(H,30,33)/b12-9+. The number of imidazole rings is 1. The van der Waals surface area contributed by atoms with Crippen LogP contribution in [-0.2, 0) is 13.0 Å². The van der Waals surface area contributed by atoms with Crippen molar-refractivity contribution in [2.24, 2.45) is 0 Å². The number of unbranched alkanes of at least 4 members (excludes halogenated alkanes) is 2. The highest BCUT2D eigenvalue weighted by Crippen LogP contribution is 2.18. The third kappa shape index (κ3) is 6.42. The van der Waals surface area contributed by atoms with Gasteiger partial charge in [0.1, 0.15) is 5.82 Å². The number of halogens is 1. The van der Waals surface area contributed by atoms with Gasteiger partial charge >= 0.3 is 0 Å². The van der Waals surface area contributed by atoms with E-state index in [4.69, 9.17) is 4.98 Å². The van der Waals surface area contributed by atoms with Gasteiger partial charge in [0.2, 0.25) is 0 Å². The van der Waals surface area contributed by atoms with Crippen molar-refractivity contribution in [3.05, 3.63) is 106 Å². The van der Waals surface area contributed by atoms with Gasteiger partial charge in [-0.15, -0.1) is 0 Å². The maximum Gasteiger partial charge on any atom is 0.251 e. The molecule has 0 atom stereocenters. The van der Waals surface area contributed by atoms with Crippen LogP contribution in [0.3, 0.4) is 0 Å². The number of aryl methyl sites for hydroxylation is 1. The number of nitrogens with one attached hydrogen (secondary N) is 1. The van der Waals surface area contributed by atoms with Gasteiger partial charge in [-0.3, -0.25) is 4.79 Å². The average Bonchev–Trinajstić information content (AvgIpc) is 3.19. The highest BCUT2D eigenvalue weighted by atomic mass is 79.9. The number of carbonyl (C=O) groups excluding carboxylic acids is 1. The Kier molecular flexibility index (Phi) is 8.09. The Bertz CT molecular complexity index is 1210. The number of nitrogens with zero attached hydrogens (tertiary/aromatic N) is 2. The smallest absolute Gasteiger partial charge is 0.251 e. The van der Waals surface area contributed by atoms with E-state index in [0.29, 0.717) is 12.1 Å². The summed E-state index contributed by atoms with van der Waals surface area (Å²) in [6, 6.07) is 26.1. The summed E-state index contributed by atoms with van der Waals surface area (Å²) in [7, 11) is 0. The Hall–Kier alpha value is -3.18. The van der Waals surface area contributed by atoms with Crippen molar-refractivity contribution in [2.45, 2.75) is 32.2 Å². The van der Waals surface area contributed by atoms with Gasteiger partial charge in [0, 0.05) is 29.5 Å². The van der Waals surface area contributed by atoms with Crippen LogP contribution in [0.4, 0.5) is 0 Å². The molecule has 0 saturated carbocycles. The molecule has 0 aliphatic heterocycles. The van der Waals surface area contributed by atoms with E-state index >= 15 is 0 Å². The van der Waals surface area contributed by atoms with Crippen LogP contribution in [0.5, 0.6) is 0 Å². The quantitative estimate of drug-likeness (QED) is 0.247. The summed E-state index contributed by atoms with van der Waals surface area (Å²) in [5.41, 5.74) is 4.11. The van der Waals surface area contributed by atoms with Crippen LogP contribution < -0.4 is 5.32 Å². The molecule has 0 saturated heterocycles. The average molecular weight is 502 g/mol. The van der Waals surface area contributed by atoms with Crippen LogP contribution in [0.25, 0.3) is 17.1 Å². The lowest BCUT2D eigenvalue weighted by molar-refractivity contribution is 0.0953. The number of benzene rings is 3. The maximum absolute atomic E-state index is 12.2. The summed E-state index contributed by atoms with van der Waals surface area (Å²) in [5.74, 6) is 1.10. The SMILES string of the molecule is O=C(NCCCCCc1nc2ccccc2n1C/C=C/c1ccccc1)c1ccc(Br)cc1. The Morgan fingerprint density at radius 3 is 2.48 bits per heavy atom. The van der Waals surface area contributed by atoms with E-state index in [-0.39, 0.29) is 5.91 Å². The minimum Gasteiger partial charge on any atom is -0.352 e. The minimum atomic E-state index is -0.0190. The topological polar surface area (TPSA) is 46.9 Å². The van der Waals surface area contributed by atoms with Gasteiger partial charge in [0.15, 0.2) is 0 Å². The van der Waals surface area contributed by atoms with Crippen molar-refractivity contribution in [3.8, 4) is 0 Å². The van der Waals surface area contributed by atoms with Crippen LogP contribution in [0.1, 0.15) is 41.0 Å². The molecule has 1 heterocycles. The predicted molar refractivity (Wildman–Crippen MR) is 139 cm³/mol. The summed E-state index contributed by atoms with van der Waals surface area (Å²) in [6.45, 7) is 1.49. The molecule has 1 N–H and O–H groups in total. The molecule has 0 aliphatic carbocycles. The number of allylic oxidation sites excluding steroid dienone is 1. The van der Waals surface area contributed by atoms with Crippen LogP contribution in [0, 0.1) is 0 Å². The van der Waals surface area contributed by atoms with Crippen molar-refractivity contribution in [2.75, 3.05) is 6.54 Å². The molecular formula is C28H28BrN3O. The molecule has 168 valence electrons. The second kappa shape index (κ2) is 11.6. The number of amides is 1. The van der Waals surface area contributed by atoms with Crippen molar-refractivity contribution < 1.29 is 4.79 Å². The Morgan fingerprint density at radius 1 is 0.909 bits per heavy atom. The Morgan fingerprint density at radius 2 is 1.67 bits per heavy atom.